The van der Waals surface area contributed by atoms with Crippen LogP contribution in [0.4, 0.5) is 28.9 Å². The molecule has 0 aliphatic heterocycles. The summed E-state index contributed by atoms with van der Waals surface area (Å²) in [6.45, 7) is 0. The lowest BCUT2D eigenvalue weighted by atomic mass is 10.1. The van der Waals surface area contributed by atoms with Gasteiger partial charge < -0.3 is 28.6 Å². The molecule has 0 aliphatic rings. The minimum Gasteiger partial charge on any atom is -0.461 e. The molecule has 6 aromatic rings. The maximum Gasteiger partial charge on any atom is 0.378 e. The van der Waals surface area contributed by atoms with Crippen LogP contribution in [0, 0.1) is 0 Å². The van der Waals surface area contributed by atoms with Crippen molar-refractivity contribution in [2.75, 3.05) is 17.3 Å². The van der Waals surface area contributed by atoms with Gasteiger partial charge in [0, 0.05) is 31.0 Å². The third-order valence-electron chi connectivity index (χ3n) is 6.72. The van der Waals surface area contributed by atoms with Gasteiger partial charge in [0.2, 0.25) is 0 Å². The van der Waals surface area contributed by atoms with E-state index in [4.69, 9.17) is 8.83 Å². The van der Waals surface area contributed by atoms with Crippen molar-refractivity contribution < 1.29 is 36.0 Å². The van der Waals surface area contributed by atoms with E-state index in [0.29, 0.717) is 17.1 Å². The van der Waals surface area contributed by atoms with E-state index >= 15 is 8.78 Å². The lowest BCUT2D eigenvalue weighted by Crippen LogP contribution is -2.39. The van der Waals surface area contributed by atoms with Crippen molar-refractivity contribution in [1.29, 1.82) is 0 Å². The van der Waals surface area contributed by atoms with Crippen LogP contribution in [0.15, 0.2) is 104 Å². The van der Waals surface area contributed by atoms with Crippen molar-refractivity contribution in [3.63, 3.8) is 0 Å². The van der Waals surface area contributed by atoms with Gasteiger partial charge in [-0.1, -0.05) is 18.2 Å². The van der Waals surface area contributed by atoms with Crippen LogP contribution in [0.25, 0.3) is 34.5 Å². The molecular weight excluding hydrogens is 677 g/mol. The molecule has 0 bridgehead atoms. The third kappa shape index (κ3) is 6.84. The van der Waals surface area contributed by atoms with Gasteiger partial charge in [-0.05, 0) is 84.2 Å². The predicted molar refractivity (Wildman–Crippen MR) is 168 cm³/mol. The van der Waals surface area contributed by atoms with Gasteiger partial charge in [-0.15, -0.1) is 20.4 Å². The average Bonchev–Trinajstić information content (AvgIpc) is 3.90. The van der Waals surface area contributed by atoms with E-state index in [2.05, 4.69) is 30.7 Å². The summed E-state index contributed by atoms with van der Waals surface area (Å²) in [5.41, 5.74) is 0.917. The number of carbonyl (C=O) groups excluding carboxylic acids is 2. The van der Waals surface area contributed by atoms with Gasteiger partial charge >= 0.3 is 22.3 Å². The highest BCUT2D eigenvalue weighted by Crippen LogP contribution is 2.39. The molecule has 0 aliphatic carbocycles. The van der Waals surface area contributed by atoms with Gasteiger partial charge in [0.1, 0.15) is 5.76 Å². The number of aromatic nitrogens is 6. The van der Waals surface area contributed by atoms with Crippen LogP contribution in [0.1, 0.15) is 0 Å². The molecule has 4 aromatic heterocycles. The van der Waals surface area contributed by atoms with Crippen LogP contribution in [-0.4, -0.2) is 59.3 Å². The number of nitrogens with one attached hydrogen (secondary N) is 2. The fourth-order valence-electron chi connectivity index (χ4n) is 4.26. The number of thioether (sulfide) groups is 2. The Balaban J connectivity index is 1.09. The van der Waals surface area contributed by atoms with E-state index in [0.717, 1.165) is 4.90 Å². The number of para-hydroxylation sites is 1. The monoisotopic (exact) mass is 698 g/mol. The summed E-state index contributed by atoms with van der Waals surface area (Å²) in [6, 6.07) is 20.2. The largest absolute Gasteiger partial charge is 0.461 e. The van der Waals surface area contributed by atoms with Gasteiger partial charge in [0.25, 0.3) is 0 Å². The number of alkyl halides is 4. The molecule has 0 unspecified atom stereocenters. The first kappa shape index (κ1) is 32.6. The number of hydrogen-bond acceptors (Lipinski definition) is 10. The van der Waals surface area contributed by atoms with E-state index in [9.17, 15) is 18.4 Å². The predicted octanol–water partition coefficient (Wildman–Crippen LogP) is 6.79. The molecule has 48 heavy (non-hydrogen) atoms. The van der Waals surface area contributed by atoms with Gasteiger partial charge in [0.05, 0.1) is 6.26 Å². The minimum absolute atomic E-state index is 0.0314. The summed E-state index contributed by atoms with van der Waals surface area (Å²) in [5.74, 6) is -1.92. The maximum atomic E-state index is 15.1. The topological polar surface area (TPSA) is 148 Å². The zero-order valence-corrected chi connectivity index (χ0v) is 26.4. The first-order chi connectivity index (χ1) is 22.9. The Morgan fingerprint density at radius 2 is 1.56 bits per heavy atom. The summed E-state index contributed by atoms with van der Waals surface area (Å²) in [4.78, 5) is 28.4. The molecule has 6 rings (SSSR count). The molecule has 0 atom stereocenters. The molecule has 0 saturated carbocycles. The van der Waals surface area contributed by atoms with Crippen molar-refractivity contribution in [2.24, 2.45) is 7.05 Å². The molecule has 4 heterocycles. The van der Waals surface area contributed by atoms with Crippen molar-refractivity contribution in [2.45, 2.75) is 20.8 Å². The summed E-state index contributed by atoms with van der Waals surface area (Å²) < 4.78 is 71.6. The molecule has 0 saturated heterocycles. The fraction of sp³-hybridized carbons (Fsp3) is 0.133. The fourth-order valence-corrected chi connectivity index (χ4v) is 5.64. The van der Waals surface area contributed by atoms with Crippen LogP contribution in [0.5, 0.6) is 0 Å². The SMILES string of the molecule is CN(C(=O)C(F)(F)Sc1nnc(-c2ccco2)n1C)c1ccc(-c2ccc(-c3nnc(SC(F)(F)C(=O)Nc4ccccc4)[nH]3)o2)cc1. The van der Waals surface area contributed by atoms with E-state index in [-0.39, 0.29) is 62.6 Å². The molecule has 2 amide bonds. The quantitative estimate of drug-likeness (QED) is 0.109. The maximum absolute atomic E-state index is 15.1. The van der Waals surface area contributed by atoms with Crippen LogP contribution < -0.4 is 10.2 Å². The Bertz CT molecular complexity index is 2050. The summed E-state index contributed by atoms with van der Waals surface area (Å²) in [7, 11) is 2.70. The molecule has 0 fully saturated rings. The Labute approximate surface area is 276 Å². The number of rotatable bonds is 11. The lowest BCUT2D eigenvalue weighted by molar-refractivity contribution is -0.131. The number of benzene rings is 2. The van der Waals surface area contributed by atoms with Crippen LogP contribution in [0.3, 0.4) is 0 Å². The summed E-state index contributed by atoms with van der Waals surface area (Å²) >= 11 is -0.154. The molecule has 0 radical (unpaired) electrons. The first-order valence-corrected chi connectivity index (χ1v) is 15.4. The van der Waals surface area contributed by atoms with Crippen LogP contribution >= 0.6 is 23.5 Å². The second-order valence-corrected chi connectivity index (χ2v) is 12.1. The molecule has 12 nitrogen and oxygen atoms in total. The molecule has 18 heteroatoms. The standard InChI is InChI=1S/C30H22F4N8O4S2/c1-41(26(44)30(33,34)48-28-40-38-24(42(28)2)22-9-6-16-45-22)19-12-10-17(11-13-19)20-14-15-21(46-20)23-36-27(39-37-23)47-29(31,32)25(43)35-18-7-4-3-5-8-18/h3-16H,1-2H3,(H,35,43)(H,36,37,39). The Morgan fingerprint density at radius 1 is 0.833 bits per heavy atom. The first-order valence-electron chi connectivity index (χ1n) is 13.8. The zero-order chi connectivity index (χ0) is 34.1. The van der Waals surface area contributed by atoms with Crippen LogP contribution in [-0.2, 0) is 16.6 Å². The molecule has 0 spiro atoms. The Hall–Kier alpha value is -5.36. The average molecular weight is 699 g/mol. The number of halogens is 4. The van der Waals surface area contributed by atoms with Gasteiger partial charge in [-0.2, -0.15) is 17.6 Å². The van der Waals surface area contributed by atoms with Gasteiger partial charge in [-0.25, -0.2) is 0 Å². The highest BCUT2D eigenvalue weighted by atomic mass is 32.2. The van der Waals surface area contributed by atoms with Crippen molar-refractivity contribution in [3.8, 4) is 34.5 Å². The zero-order valence-electron chi connectivity index (χ0n) is 24.7. The van der Waals surface area contributed by atoms with Crippen LogP contribution in [0.2, 0.25) is 0 Å². The number of hydrogen-bond donors (Lipinski definition) is 2. The second-order valence-electron chi connectivity index (χ2n) is 9.95. The van der Waals surface area contributed by atoms with Crippen molar-refractivity contribution >= 4 is 46.7 Å². The second kappa shape index (κ2) is 13.0. The number of aromatic amines is 1. The molecule has 246 valence electrons. The van der Waals surface area contributed by atoms with Gasteiger partial charge in [-0.3, -0.25) is 9.59 Å². The van der Waals surface area contributed by atoms with E-state index < -0.39 is 22.3 Å². The Morgan fingerprint density at radius 3 is 2.27 bits per heavy atom. The lowest BCUT2D eigenvalue weighted by Gasteiger charge is -2.22. The van der Waals surface area contributed by atoms with E-state index in [1.54, 1.807) is 48.5 Å². The van der Waals surface area contributed by atoms with Crippen molar-refractivity contribution in [3.05, 3.63) is 85.1 Å². The number of furan rings is 2. The molecule has 2 N–H and O–H groups in total. The minimum atomic E-state index is -3.88. The smallest absolute Gasteiger partial charge is 0.378 e. The summed E-state index contributed by atoms with van der Waals surface area (Å²) in [5, 5.41) is 9.06. The van der Waals surface area contributed by atoms with Gasteiger partial charge in [0.15, 0.2) is 33.5 Å². The molecular formula is C30H22F4N8O4S2. The number of H-pyrrole nitrogens is 1. The Kier molecular flexibility index (Phi) is 8.85. The highest BCUT2D eigenvalue weighted by molar-refractivity contribution is 8.01. The number of anilines is 2. The molecule has 2 aromatic carbocycles. The van der Waals surface area contributed by atoms with Crippen molar-refractivity contribution in [1.82, 2.24) is 29.9 Å². The number of nitrogens with zero attached hydrogens (tertiary/aromatic N) is 6. The highest BCUT2D eigenvalue weighted by Gasteiger charge is 2.45. The third-order valence-corrected chi connectivity index (χ3v) is 8.50. The number of amides is 2. The van der Waals surface area contributed by atoms with E-state index in [1.807, 2.05) is 0 Å². The number of carbonyl (C=O) groups is 2. The normalized spacial score (nSPS) is 11.9. The summed E-state index contributed by atoms with van der Waals surface area (Å²) in [6.07, 6.45) is 1.41. The van der Waals surface area contributed by atoms with E-state index in [1.165, 1.54) is 55.3 Å².